The van der Waals surface area contributed by atoms with E-state index in [2.05, 4.69) is 37.2 Å². The molecule has 80 valence electrons. The lowest BCUT2D eigenvalue weighted by Gasteiger charge is -2.20. The number of halogens is 1. The van der Waals surface area contributed by atoms with Crippen LogP contribution in [0, 0.1) is 0 Å². The molecule has 2 aliphatic heterocycles. The molecule has 0 aromatic carbocycles. The summed E-state index contributed by atoms with van der Waals surface area (Å²) in [6.07, 6.45) is 4.52. The van der Waals surface area contributed by atoms with Crippen molar-refractivity contribution >= 4 is 21.7 Å². The molecule has 2 aliphatic rings. The number of hydrogen-bond acceptors (Lipinski definition) is 3. The molecule has 0 saturated carbocycles. The first-order valence-electron chi connectivity index (χ1n) is 5.45. The predicted molar refractivity (Wildman–Crippen MR) is 63.9 cm³/mol. The zero-order valence-electron chi connectivity index (χ0n) is 8.54. The molecule has 0 bridgehead atoms. The molecular weight excluding hydrogens is 254 g/mol. The van der Waals surface area contributed by atoms with Gasteiger partial charge in [0, 0.05) is 35.4 Å². The third-order valence-corrected chi connectivity index (χ3v) is 3.74. The number of pyridine rings is 1. The van der Waals surface area contributed by atoms with Gasteiger partial charge in [-0.3, -0.25) is 4.90 Å². The Morgan fingerprint density at radius 3 is 3.40 bits per heavy atom. The van der Waals surface area contributed by atoms with Crippen LogP contribution in [0.2, 0.25) is 0 Å². The number of fused-ring (bicyclic) bond motifs is 2. The third kappa shape index (κ3) is 1.76. The van der Waals surface area contributed by atoms with E-state index >= 15 is 0 Å². The fourth-order valence-corrected chi connectivity index (χ4v) is 2.91. The van der Waals surface area contributed by atoms with Crippen molar-refractivity contribution in [2.24, 2.45) is 0 Å². The van der Waals surface area contributed by atoms with E-state index in [9.17, 15) is 0 Å². The Labute approximate surface area is 98.0 Å². The maximum Gasteiger partial charge on any atom is 0.130 e. The molecule has 3 nitrogen and oxygen atoms in total. The molecule has 1 aromatic rings. The van der Waals surface area contributed by atoms with Gasteiger partial charge in [0.05, 0.1) is 0 Å². The van der Waals surface area contributed by atoms with Crippen LogP contribution in [0.5, 0.6) is 0 Å². The van der Waals surface area contributed by atoms with E-state index in [-0.39, 0.29) is 0 Å². The molecule has 0 unspecified atom stereocenters. The van der Waals surface area contributed by atoms with Gasteiger partial charge in [-0.15, -0.1) is 0 Å². The van der Waals surface area contributed by atoms with Crippen molar-refractivity contribution < 1.29 is 0 Å². The average molecular weight is 268 g/mol. The van der Waals surface area contributed by atoms with Crippen molar-refractivity contribution in [2.75, 3.05) is 18.4 Å². The van der Waals surface area contributed by atoms with Crippen LogP contribution in [0.3, 0.4) is 0 Å². The Balaban J connectivity index is 1.94. The highest BCUT2D eigenvalue weighted by atomic mass is 79.9. The number of rotatable bonds is 0. The van der Waals surface area contributed by atoms with Crippen LogP contribution < -0.4 is 5.32 Å². The lowest BCUT2D eigenvalue weighted by Crippen LogP contribution is -2.31. The van der Waals surface area contributed by atoms with Crippen molar-refractivity contribution in [3.63, 3.8) is 0 Å². The predicted octanol–water partition coefficient (Wildman–Crippen LogP) is 2.23. The second kappa shape index (κ2) is 3.76. The normalized spacial score (nSPS) is 25.3. The fraction of sp³-hybridized carbons (Fsp3) is 0.545. The van der Waals surface area contributed by atoms with Crippen molar-refractivity contribution in [1.29, 1.82) is 0 Å². The summed E-state index contributed by atoms with van der Waals surface area (Å²) in [4.78, 5) is 6.98. The molecule has 15 heavy (non-hydrogen) atoms. The van der Waals surface area contributed by atoms with Gasteiger partial charge in [-0.25, -0.2) is 4.98 Å². The standard InChI is InChI=1S/C11H14BrN3/c12-9-4-8-7-15-3-1-2-10(15)6-14-11(8)13-5-9/h4-5,10H,1-3,6-7H2,(H,13,14)/t10-/m0/s1. The molecule has 3 heterocycles. The van der Waals surface area contributed by atoms with Gasteiger partial charge in [0.15, 0.2) is 0 Å². The minimum atomic E-state index is 0.706. The van der Waals surface area contributed by atoms with E-state index in [1.807, 2.05) is 6.20 Å². The minimum absolute atomic E-state index is 0.706. The molecule has 4 heteroatoms. The van der Waals surface area contributed by atoms with Crippen molar-refractivity contribution in [3.8, 4) is 0 Å². The summed E-state index contributed by atoms with van der Waals surface area (Å²) in [6, 6.07) is 2.88. The summed E-state index contributed by atoms with van der Waals surface area (Å²) in [7, 11) is 0. The van der Waals surface area contributed by atoms with Gasteiger partial charge in [-0.05, 0) is 41.4 Å². The third-order valence-electron chi connectivity index (χ3n) is 3.31. The number of nitrogens with zero attached hydrogens (tertiary/aromatic N) is 2. The highest BCUT2D eigenvalue weighted by Crippen LogP contribution is 2.27. The smallest absolute Gasteiger partial charge is 0.130 e. The Kier molecular flexibility index (Phi) is 2.41. The molecule has 1 N–H and O–H groups in total. The number of aromatic nitrogens is 1. The lowest BCUT2D eigenvalue weighted by atomic mass is 10.2. The zero-order chi connectivity index (χ0) is 10.3. The minimum Gasteiger partial charge on any atom is -0.368 e. The van der Waals surface area contributed by atoms with Crippen molar-refractivity contribution in [3.05, 3.63) is 22.3 Å². The Morgan fingerprint density at radius 2 is 2.47 bits per heavy atom. The summed E-state index contributed by atoms with van der Waals surface area (Å²) in [5.74, 6) is 1.06. The quantitative estimate of drug-likeness (QED) is 0.782. The number of hydrogen-bond donors (Lipinski definition) is 1. The highest BCUT2D eigenvalue weighted by molar-refractivity contribution is 9.10. The molecule has 1 fully saturated rings. The summed E-state index contributed by atoms with van der Waals surface area (Å²) in [5.41, 5.74) is 1.31. The lowest BCUT2D eigenvalue weighted by molar-refractivity contribution is 0.259. The Hall–Kier alpha value is -0.610. The molecular formula is C11H14BrN3. The second-order valence-corrected chi connectivity index (χ2v) is 5.22. The van der Waals surface area contributed by atoms with E-state index in [1.54, 1.807) is 0 Å². The summed E-state index contributed by atoms with van der Waals surface area (Å²) < 4.78 is 1.07. The molecule has 0 radical (unpaired) electrons. The average Bonchev–Trinajstić information content (AvgIpc) is 2.58. The van der Waals surface area contributed by atoms with Crippen LogP contribution in [-0.4, -0.2) is 29.0 Å². The summed E-state index contributed by atoms with van der Waals surface area (Å²) in [6.45, 7) is 3.32. The van der Waals surface area contributed by atoms with Gasteiger partial charge < -0.3 is 5.32 Å². The van der Waals surface area contributed by atoms with E-state index in [0.717, 1.165) is 23.4 Å². The molecule has 0 spiro atoms. The first-order valence-corrected chi connectivity index (χ1v) is 6.24. The topological polar surface area (TPSA) is 28.2 Å². The number of anilines is 1. The van der Waals surface area contributed by atoms with Crippen LogP contribution in [0.4, 0.5) is 5.82 Å². The van der Waals surface area contributed by atoms with E-state index in [4.69, 9.17) is 0 Å². The molecule has 0 aliphatic carbocycles. The molecule has 0 amide bonds. The maximum absolute atomic E-state index is 4.42. The molecule has 3 rings (SSSR count). The van der Waals surface area contributed by atoms with Crippen LogP contribution in [-0.2, 0) is 6.54 Å². The van der Waals surface area contributed by atoms with Crippen LogP contribution in [0.1, 0.15) is 18.4 Å². The SMILES string of the molecule is Brc1cnc2c(c1)CN1CCC[C@H]1CN2. The van der Waals surface area contributed by atoms with Gasteiger partial charge in [-0.1, -0.05) is 0 Å². The Morgan fingerprint density at radius 1 is 1.53 bits per heavy atom. The maximum atomic E-state index is 4.42. The van der Waals surface area contributed by atoms with E-state index < -0.39 is 0 Å². The summed E-state index contributed by atoms with van der Waals surface area (Å²) in [5, 5.41) is 3.45. The van der Waals surface area contributed by atoms with Gasteiger partial charge in [0.25, 0.3) is 0 Å². The molecule has 1 saturated heterocycles. The van der Waals surface area contributed by atoms with Crippen molar-refractivity contribution in [2.45, 2.75) is 25.4 Å². The van der Waals surface area contributed by atoms with Crippen LogP contribution in [0.15, 0.2) is 16.7 Å². The first-order chi connectivity index (χ1) is 7.33. The first kappa shape index (κ1) is 9.60. The second-order valence-electron chi connectivity index (χ2n) is 4.31. The number of nitrogens with one attached hydrogen (secondary N) is 1. The fourth-order valence-electron chi connectivity index (χ4n) is 2.53. The van der Waals surface area contributed by atoms with Gasteiger partial charge in [0.1, 0.15) is 5.82 Å². The highest BCUT2D eigenvalue weighted by Gasteiger charge is 2.27. The zero-order valence-corrected chi connectivity index (χ0v) is 10.1. The van der Waals surface area contributed by atoms with Crippen LogP contribution >= 0.6 is 15.9 Å². The monoisotopic (exact) mass is 267 g/mol. The molecule has 1 aromatic heterocycles. The van der Waals surface area contributed by atoms with Gasteiger partial charge in [-0.2, -0.15) is 0 Å². The van der Waals surface area contributed by atoms with E-state index in [0.29, 0.717) is 6.04 Å². The van der Waals surface area contributed by atoms with E-state index in [1.165, 1.54) is 24.9 Å². The summed E-state index contributed by atoms with van der Waals surface area (Å²) >= 11 is 3.48. The van der Waals surface area contributed by atoms with Gasteiger partial charge >= 0.3 is 0 Å². The van der Waals surface area contributed by atoms with Gasteiger partial charge in [0.2, 0.25) is 0 Å². The van der Waals surface area contributed by atoms with Crippen LogP contribution in [0.25, 0.3) is 0 Å². The Bertz CT molecular complexity index is 380. The molecule has 1 atom stereocenters. The van der Waals surface area contributed by atoms with Crippen molar-refractivity contribution in [1.82, 2.24) is 9.88 Å². The largest absolute Gasteiger partial charge is 0.368 e.